The summed E-state index contributed by atoms with van der Waals surface area (Å²) in [6, 6.07) is 37.8. The molecule has 0 spiro atoms. The molecule has 1 heterocycles. The van der Waals surface area contributed by atoms with Crippen LogP contribution in [0.2, 0.25) is 0 Å². The Morgan fingerprint density at radius 2 is 1.33 bits per heavy atom. The minimum atomic E-state index is -0.494. The van der Waals surface area contributed by atoms with E-state index in [4.69, 9.17) is 0 Å². The number of likely N-dealkylation sites (tertiary alicyclic amines) is 1. The van der Waals surface area contributed by atoms with E-state index in [-0.39, 0.29) is 17.7 Å². The molecule has 0 bridgehead atoms. The van der Waals surface area contributed by atoms with Gasteiger partial charge in [0.15, 0.2) is 5.78 Å². The number of carbonyl (C=O) groups excluding carboxylic acids is 2. The maximum absolute atomic E-state index is 13.4. The minimum absolute atomic E-state index is 0.0349. The van der Waals surface area contributed by atoms with Crippen LogP contribution >= 0.6 is 0 Å². The van der Waals surface area contributed by atoms with Crippen molar-refractivity contribution < 1.29 is 9.59 Å². The van der Waals surface area contributed by atoms with E-state index in [9.17, 15) is 9.59 Å². The fraction of sp³-hybridized carbons (Fsp3) is 0.152. The highest BCUT2D eigenvalue weighted by Crippen LogP contribution is 2.34. The van der Waals surface area contributed by atoms with Crippen LogP contribution < -0.4 is 0 Å². The highest BCUT2D eigenvalue weighted by molar-refractivity contribution is 6.00. The molecule has 3 atom stereocenters. The second kappa shape index (κ2) is 11.0. The second-order valence-corrected chi connectivity index (χ2v) is 9.29. The number of nitrogens with zero attached hydrogens (tertiary/aromatic N) is 1. The molecule has 0 N–H and O–H groups in total. The van der Waals surface area contributed by atoms with Crippen LogP contribution in [0.1, 0.15) is 27.9 Å². The standard InChI is InChI=1S/C33H29NO2/c35-24-32-31(33(36)29-14-8-3-9-15-29)23-30(34(32)21-20-25-10-4-1-5-11-25)22-26-16-18-28(19-17-26)27-12-6-2-7-13-27/h1-21,24,30-32H,22-23H2/b21-20+. The van der Waals surface area contributed by atoms with Gasteiger partial charge in [0.1, 0.15) is 6.29 Å². The number of benzene rings is 4. The van der Waals surface area contributed by atoms with Gasteiger partial charge in [0, 0.05) is 17.8 Å². The van der Waals surface area contributed by atoms with Crippen molar-refractivity contribution in [2.24, 2.45) is 5.92 Å². The van der Waals surface area contributed by atoms with Gasteiger partial charge in [-0.05, 0) is 41.2 Å². The highest BCUT2D eigenvalue weighted by Gasteiger charge is 2.43. The molecular weight excluding hydrogens is 442 g/mol. The number of hydrogen-bond donors (Lipinski definition) is 0. The number of rotatable bonds is 8. The summed E-state index contributed by atoms with van der Waals surface area (Å²) in [6.45, 7) is 0. The maximum Gasteiger partial charge on any atom is 0.168 e. The normalized spacial score (nSPS) is 19.4. The molecule has 178 valence electrons. The maximum atomic E-state index is 13.4. The first-order chi connectivity index (χ1) is 17.7. The third-order valence-corrected chi connectivity index (χ3v) is 7.01. The fourth-order valence-corrected chi connectivity index (χ4v) is 5.13. The van der Waals surface area contributed by atoms with E-state index in [1.807, 2.05) is 91.1 Å². The molecule has 1 aliphatic rings. The Morgan fingerprint density at radius 3 is 1.97 bits per heavy atom. The Hall–Kier alpha value is -4.24. The van der Waals surface area contributed by atoms with Gasteiger partial charge in [-0.15, -0.1) is 0 Å². The topological polar surface area (TPSA) is 37.4 Å². The van der Waals surface area contributed by atoms with Gasteiger partial charge in [0.25, 0.3) is 0 Å². The molecule has 0 aliphatic carbocycles. The van der Waals surface area contributed by atoms with Gasteiger partial charge in [-0.25, -0.2) is 0 Å². The van der Waals surface area contributed by atoms with E-state index >= 15 is 0 Å². The molecule has 5 rings (SSSR count). The zero-order chi connectivity index (χ0) is 24.7. The van der Waals surface area contributed by atoms with Crippen molar-refractivity contribution in [3.05, 3.63) is 138 Å². The third kappa shape index (κ3) is 5.21. The molecule has 1 fully saturated rings. The zero-order valence-electron chi connectivity index (χ0n) is 20.1. The van der Waals surface area contributed by atoms with Crippen molar-refractivity contribution in [3.63, 3.8) is 0 Å². The summed E-state index contributed by atoms with van der Waals surface area (Å²) in [7, 11) is 0. The summed E-state index contributed by atoms with van der Waals surface area (Å²) in [4.78, 5) is 27.9. The molecule has 0 aromatic heterocycles. The van der Waals surface area contributed by atoms with Crippen LogP contribution in [-0.2, 0) is 11.2 Å². The Kier molecular flexibility index (Phi) is 7.18. The van der Waals surface area contributed by atoms with Crippen molar-refractivity contribution >= 4 is 18.1 Å². The smallest absolute Gasteiger partial charge is 0.168 e. The molecule has 0 saturated carbocycles. The number of ketones is 1. The summed E-state index contributed by atoms with van der Waals surface area (Å²) < 4.78 is 0. The molecule has 1 aliphatic heterocycles. The molecule has 3 heteroatoms. The first-order valence-electron chi connectivity index (χ1n) is 12.4. The van der Waals surface area contributed by atoms with Gasteiger partial charge in [0.05, 0.1) is 12.0 Å². The van der Waals surface area contributed by atoms with Gasteiger partial charge in [-0.3, -0.25) is 4.79 Å². The van der Waals surface area contributed by atoms with Crippen LogP contribution in [-0.4, -0.2) is 29.1 Å². The molecule has 3 unspecified atom stereocenters. The summed E-state index contributed by atoms with van der Waals surface area (Å²) in [5, 5.41) is 0. The van der Waals surface area contributed by atoms with Gasteiger partial charge in [-0.1, -0.05) is 115 Å². The lowest BCUT2D eigenvalue weighted by atomic mass is 9.89. The van der Waals surface area contributed by atoms with E-state index in [0.29, 0.717) is 12.0 Å². The lowest BCUT2D eigenvalue weighted by Gasteiger charge is -2.27. The number of Topliss-reactive ketones (excluding diaryl/α,β-unsaturated/α-hetero) is 1. The second-order valence-electron chi connectivity index (χ2n) is 9.29. The highest BCUT2D eigenvalue weighted by atomic mass is 16.1. The van der Waals surface area contributed by atoms with Gasteiger partial charge >= 0.3 is 0 Å². The van der Waals surface area contributed by atoms with E-state index in [2.05, 4.69) is 41.3 Å². The Morgan fingerprint density at radius 1 is 0.750 bits per heavy atom. The van der Waals surface area contributed by atoms with Crippen LogP contribution in [0.5, 0.6) is 0 Å². The molecule has 0 amide bonds. The molecule has 0 radical (unpaired) electrons. The van der Waals surface area contributed by atoms with E-state index < -0.39 is 6.04 Å². The minimum Gasteiger partial charge on any atom is -0.364 e. The van der Waals surface area contributed by atoms with Gasteiger partial charge in [-0.2, -0.15) is 0 Å². The van der Waals surface area contributed by atoms with E-state index in [1.165, 1.54) is 16.7 Å². The van der Waals surface area contributed by atoms with Crippen molar-refractivity contribution in [1.82, 2.24) is 4.90 Å². The van der Waals surface area contributed by atoms with Crippen molar-refractivity contribution in [3.8, 4) is 11.1 Å². The lowest BCUT2D eigenvalue weighted by molar-refractivity contribution is -0.111. The molecule has 3 nitrogen and oxygen atoms in total. The predicted molar refractivity (Wildman–Crippen MR) is 145 cm³/mol. The SMILES string of the molecule is O=CC1C(C(=O)c2ccccc2)CC(Cc2ccc(-c3ccccc3)cc2)N1/C=C/c1ccccc1. The van der Waals surface area contributed by atoms with Crippen LogP contribution in [0.3, 0.4) is 0 Å². The van der Waals surface area contributed by atoms with Crippen LogP contribution in [0.15, 0.2) is 121 Å². The van der Waals surface area contributed by atoms with Crippen LogP contribution in [0.4, 0.5) is 0 Å². The Balaban J connectivity index is 1.42. The lowest BCUT2D eigenvalue weighted by Crippen LogP contribution is -2.37. The quantitative estimate of drug-likeness (QED) is 0.212. The first-order valence-corrected chi connectivity index (χ1v) is 12.4. The molecular formula is C33H29NO2. The van der Waals surface area contributed by atoms with Crippen LogP contribution in [0.25, 0.3) is 17.2 Å². The van der Waals surface area contributed by atoms with Gasteiger partial charge in [0.2, 0.25) is 0 Å². The molecule has 36 heavy (non-hydrogen) atoms. The van der Waals surface area contributed by atoms with Gasteiger partial charge < -0.3 is 9.69 Å². The Labute approximate surface area is 212 Å². The summed E-state index contributed by atoms with van der Waals surface area (Å²) >= 11 is 0. The number of hydrogen-bond acceptors (Lipinski definition) is 3. The average Bonchev–Trinajstić information content (AvgIpc) is 3.30. The van der Waals surface area contributed by atoms with E-state index in [0.717, 1.165) is 18.3 Å². The third-order valence-electron chi connectivity index (χ3n) is 7.01. The summed E-state index contributed by atoms with van der Waals surface area (Å²) in [5.41, 5.74) is 5.27. The average molecular weight is 472 g/mol. The Bertz CT molecular complexity index is 1310. The van der Waals surface area contributed by atoms with Crippen molar-refractivity contribution in [2.75, 3.05) is 0 Å². The van der Waals surface area contributed by atoms with Crippen molar-refractivity contribution in [1.29, 1.82) is 0 Å². The van der Waals surface area contributed by atoms with E-state index in [1.54, 1.807) is 0 Å². The monoisotopic (exact) mass is 471 g/mol. The molecule has 4 aromatic rings. The molecule has 1 saturated heterocycles. The van der Waals surface area contributed by atoms with Crippen LogP contribution in [0, 0.1) is 5.92 Å². The number of carbonyl (C=O) groups is 2. The molecule has 4 aromatic carbocycles. The number of aldehydes is 1. The predicted octanol–water partition coefficient (Wildman–Crippen LogP) is 6.71. The summed E-state index contributed by atoms with van der Waals surface area (Å²) in [6.07, 6.45) is 6.36. The largest absolute Gasteiger partial charge is 0.364 e. The fourth-order valence-electron chi connectivity index (χ4n) is 5.13. The zero-order valence-corrected chi connectivity index (χ0v) is 20.1. The van der Waals surface area contributed by atoms with Crippen molar-refractivity contribution in [2.45, 2.75) is 24.9 Å². The first kappa shape index (κ1) is 23.5. The summed E-state index contributed by atoms with van der Waals surface area (Å²) in [5.74, 6) is -0.341.